The van der Waals surface area contributed by atoms with Gasteiger partial charge in [-0.1, -0.05) is 24.3 Å². The SMILES string of the molecule is COc1cccc(NC(=O)C(=O)N/N=C/c2ccc(OCC(=O)Nc3c(C)cccc3C)c(OC)c2)c1. The molecule has 0 aromatic heterocycles. The number of benzene rings is 3. The van der Waals surface area contributed by atoms with Gasteiger partial charge >= 0.3 is 11.8 Å². The molecular weight excluding hydrogens is 476 g/mol. The summed E-state index contributed by atoms with van der Waals surface area (Å²) in [7, 11) is 2.96. The molecule has 10 heteroatoms. The van der Waals surface area contributed by atoms with Crippen LogP contribution in [-0.2, 0) is 14.4 Å². The van der Waals surface area contributed by atoms with Crippen molar-refractivity contribution in [2.24, 2.45) is 5.10 Å². The van der Waals surface area contributed by atoms with Crippen LogP contribution in [0.4, 0.5) is 11.4 Å². The Morgan fingerprint density at radius 2 is 1.57 bits per heavy atom. The Kier molecular flexibility index (Phi) is 9.20. The second-order valence-corrected chi connectivity index (χ2v) is 7.90. The average molecular weight is 505 g/mol. The molecule has 3 rings (SSSR count). The van der Waals surface area contributed by atoms with Crippen LogP contribution in [0.1, 0.15) is 16.7 Å². The Hall–Kier alpha value is -4.86. The zero-order chi connectivity index (χ0) is 26.8. The summed E-state index contributed by atoms with van der Waals surface area (Å²) in [5.41, 5.74) is 5.82. The van der Waals surface area contributed by atoms with Crippen LogP contribution in [0, 0.1) is 13.8 Å². The molecule has 0 saturated heterocycles. The number of carbonyl (C=O) groups is 3. The Morgan fingerprint density at radius 3 is 2.27 bits per heavy atom. The maximum atomic E-state index is 12.4. The molecule has 0 aliphatic rings. The number of methoxy groups -OCH3 is 2. The number of ether oxygens (including phenoxy) is 3. The second kappa shape index (κ2) is 12.7. The van der Waals surface area contributed by atoms with Gasteiger partial charge in [0.25, 0.3) is 5.91 Å². The summed E-state index contributed by atoms with van der Waals surface area (Å²) in [6.07, 6.45) is 1.34. The minimum atomic E-state index is -0.944. The lowest BCUT2D eigenvalue weighted by molar-refractivity contribution is -0.136. The van der Waals surface area contributed by atoms with Crippen LogP contribution in [-0.4, -0.2) is 44.8 Å². The van der Waals surface area contributed by atoms with Gasteiger partial charge in [0.05, 0.1) is 20.4 Å². The molecule has 3 amide bonds. The number of rotatable bonds is 9. The number of carbonyl (C=O) groups excluding carboxylic acids is 3. The number of amides is 3. The molecule has 3 aromatic rings. The Morgan fingerprint density at radius 1 is 0.838 bits per heavy atom. The first-order valence-corrected chi connectivity index (χ1v) is 11.3. The molecule has 3 aromatic carbocycles. The fraction of sp³-hybridized carbons (Fsp3) is 0.185. The number of nitrogens with one attached hydrogen (secondary N) is 3. The van der Waals surface area contributed by atoms with Gasteiger partial charge in [0.15, 0.2) is 18.1 Å². The van der Waals surface area contributed by atoms with E-state index in [9.17, 15) is 14.4 Å². The molecule has 0 aliphatic carbocycles. The summed E-state index contributed by atoms with van der Waals surface area (Å²) < 4.78 is 16.1. The maximum Gasteiger partial charge on any atom is 0.329 e. The number of anilines is 2. The smallest absolute Gasteiger partial charge is 0.329 e. The highest BCUT2D eigenvalue weighted by Gasteiger charge is 2.14. The minimum Gasteiger partial charge on any atom is -0.497 e. The van der Waals surface area contributed by atoms with Crippen LogP contribution in [0.25, 0.3) is 0 Å². The first-order chi connectivity index (χ1) is 17.8. The average Bonchev–Trinajstić information content (AvgIpc) is 2.89. The predicted octanol–water partition coefficient (Wildman–Crippen LogP) is 3.43. The van der Waals surface area contributed by atoms with Gasteiger partial charge in [0.1, 0.15) is 5.75 Å². The van der Waals surface area contributed by atoms with Crippen molar-refractivity contribution in [3.63, 3.8) is 0 Å². The minimum absolute atomic E-state index is 0.212. The van der Waals surface area contributed by atoms with Crippen LogP contribution >= 0.6 is 0 Å². The highest BCUT2D eigenvalue weighted by molar-refractivity contribution is 6.39. The second-order valence-electron chi connectivity index (χ2n) is 7.90. The molecule has 0 saturated carbocycles. The Balaban J connectivity index is 1.54. The van der Waals surface area contributed by atoms with E-state index in [4.69, 9.17) is 14.2 Å². The van der Waals surface area contributed by atoms with Crippen LogP contribution in [0.3, 0.4) is 0 Å². The van der Waals surface area contributed by atoms with Crippen LogP contribution < -0.4 is 30.3 Å². The number of hydrazone groups is 1. The summed E-state index contributed by atoms with van der Waals surface area (Å²) in [6.45, 7) is 3.63. The molecular formula is C27H28N4O6. The predicted molar refractivity (Wildman–Crippen MR) is 140 cm³/mol. The van der Waals surface area contributed by atoms with E-state index < -0.39 is 11.8 Å². The van der Waals surface area contributed by atoms with Crippen molar-refractivity contribution in [1.82, 2.24) is 5.43 Å². The van der Waals surface area contributed by atoms with Gasteiger partial charge in [0, 0.05) is 17.4 Å². The summed E-state index contributed by atoms with van der Waals surface area (Å²) in [6, 6.07) is 17.3. The van der Waals surface area contributed by atoms with Crippen LogP contribution in [0.15, 0.2) is 65.8 Å². The third-order valence-electron chi connectivity index (χ3n) is 5.21. The van der Waals surface area contributed by atoms with Gasteiger partial charge < -0.3 is 24.8 Å². The molecule has 0 heterocycles. The van der Waals surface area contributed by atoms with Gasteiger partial charge in [-0.3, -0.25) is 14.4 Å². The molecule has 0 atom stereocenters. The third-order valence-corrected chi connectivity index (χ3v) is 5.21. The fourth-order valence-electron chi connectivity index (χ4n) is 3.32. The normalized spacial score (nSPS) is 10.5. The summed E-state index contributed by atoms with van der Waals surface area (Å²) in [4.78, 5) is 36.5. The first kappa shape index (κ1) is 26.7. The molecule has 3 N–H and O–H groups in total. The summed E-state index contributed by atoms with van der Waals surface area (Å²) >= 11 is 0. The standard InChI is InChI=1S/C27H28N4O6/c1-17-7-5-8-18(2)25(17)30-24(32)16-37-22-12-11-19(13-23(22)36-4)15-28-31-27(34)26(33)29-20-9-6-10-21(14-20)35-3/h5-15H,16H2,1-4H3,(H,29,33)(H,30,32)(H,31,34)/b28-15+. The van der Waals surface area contributed by atoms with Gasteiger partial charge in [-0.25, -0.2) is 5.43 Å². The van der Waals surface area contributed by atoms with Gasteiger partial charge in [-0.05, 0) is 60.9 Å². The lowest BCUT2D eigenvalue weighted by atomic mass is 10.1. The molecule has 0 fully saturated rings. The zero-order valence-corrected chi connectivity index (χ0v) is 21.0. The van der Waals surface area contributed by atoms with E-state index in [1.165, 1.54) is 20.4 Å². The number of para-hydroxylation sites is 1. The topological polar surface area (TPSA) is 127 Å². The third kappa shape index (κ3) is 7.56. The summed E-state index contributed by atoms with van der Waals surface area (Å²) in [5.74, 6) is -0.865. The van der Waals surface area contributed by atoms with E-state index in [-0.39, 0.29) is 12.5 Å². The van der Waals surface area contributed by atoms with E-state index >= 15 is 0 Å². The van der Waals surface area contributed by atoms with Crippen LogP contribution in [0.5, 0.6) is 17.2 Å². The van der Waals surface area contributed by atoms with E-state index in [0.717, 1.165) is 16.8 Å². The first-order valence-electron chi connectivity index (χ1n) is 11.3. The lowest BCUT2D eigenvalue weighted by Crippen LogP contribution is -2.32. The summed E-state index contributed by atoms with van der Waals surface area (Å²) in [5, 5.41) is 9.13. The van der Waals surface area contributed by atoms with Crippen molar-refractivity contribution in [2.45, 2.75) is 13.8 Å². The molecule has 0 aliphatic heterocycles. The van der Waals surface area contributed by atoms with Crippen molar-refractivity contribution >= 4 is 35.3 Å². The highest BCUT2D eigenvalue weighted by atomic mass is 16.5. The van der Waals surface area contributed by atoms with Gasteiger partial charge in [0.2, 0.25) is 0 Å². The van der Waals surface area contributed by atoms with E-state index in [0.29, 0.717) is 28.5 Å². The maximum absolute atomic E-state index is 12.4. The molecule has 37 heavy (non-hydrogen) atoms. The van der Waals surface area contributed by atoms with Gasteiger partial charge in [-0.15, -0.1) is 0 Å². The van der Waals surface area contributed by atoms with E-state index in [2.05, 4.69) is 21.2 Å². The van der Waals surface area contributed by atoms with Gasteiger partial charge in [-0.2, -0.15) is 5.10 Å². The van der Waals surface area contributed by atoms with E-state index in [1.807, 2.05) is 32.0 Å². The monoisotopic (exact) mass is 504 g/mol. The highest BCUT2D eigenvalue weighted by Crippen LogP contribution is 2.28. The van der Waals surface area contributed by atoms with Crippen LogP contribution in [0.2, 0.25) is 0 Å². The van der Waals surface area contributed by atoms with Crippen molar-refractivity contribution < 1.29 is 28.6 Å². The lowest BCUT2D eigenvalue weighted by Gasteiger charge is -2.13. The van der Waals surface area contributed by atoms with Crippen molar-refractivity contribution in [2.75, 3.05) is 31.5 Å². The van der Waals surface area contributed by atoms with Crippen molar-refractivity contribution in [3.05, 3.63) is 77.4 Å². The number of aryl methyl sites for hydroxylation is 2. The quantitative estimate of drug-likeness (QED) is 0.233. The van der Waals surface area contributed by atoms with Crippen molar-refractivity contribution in [3.8, 4) is 17.2 Å². The molecule has 0 bridgehead atoms. The molecule has 192 valence electrons. The molecule has 0 unspecified atom stereocenters. The number of hydrogen-bond donors (Lipinski definition) is 3. The molecule has 0 radical (unpaired) electrons. The zero-order valence-electron chi connectivity index (χ0n) is 21.0. The fourth-order valence-corrected chi connectivity index (χ4v) is 3.32. The molecule has 10 nitrogen and oxygen atoms in total. The van der Waals surface area contributed by atoms with Crippen molar-refractivity contribution in [1.29, 1.82) is 0 Å². The molecule has 0 spiro atoms. The number of hydrogen-bond acceptors (Lipinski definition) is 7. The van der Waals surface area contributed by atoms with E-state index in [1.54, 1.807) is 42.5 Å². The number of nitrogens with zero attached hydrogens (tertiary/aromatic N) is 1. The Labute approximate surface area is 214 Å². The Bertz CT molecular complexity index is 1300. The largest absolute Gasteiger partial charge is 0.497 e.